The van der Waals surface area contributed by atoms with Crippen molar-refractivity contribution in [2.75, 3.05) is 66.1 Å². The standard InChI is InChI=1S/C66H60O12/c1-45-61-59(65(77-45,51-15-7-3-8-16-51)52-17-9-4-10-18-52)43-69-31-33-71-55-27-23-48-26-30-58(42-50(48)39-55)74-36-38-76-64(68)62-46(2)78-66(53-19-11-5-12-20-53,54-21-13-6-14-22-54)60(62)44-70-32-34-72-56-28-24-47-25-29-57(41-49(47)40-56)73-35-37-75-63(61)67/h3-30,39-42,59-60H,31-38,43-44H2,1-2H3. The zero-order valence-electron chi connectivity index (χ0n) is 43.6. The summed E-state index contributed by atoms with van der Waals surface area (Å²) in [5, 5.41) is 3.79. The molecule has 0 saturated heterocycles. The molecule has 11 rings (SSSR count). The van der Waals surface area contributed by atoms with E-state index in [1.165, 1.54) is 0 Å². The number of benzene rings is 8. The second-order valence-corrected chi connectivity index (χ2v) is 19.3. The van der Waals surface area contributed by atoms with Gasteiger partial charge < -0.3 is 47.4 Å². The van der Waals surface area contributed by atoms with Crippen molar-refractivity contribution in [3.8, 4) is 23.0 Å². The van der Waals surface area contributed by atoms with Crippen LogP contribution in [0.25, 0.3) is 21.5 Å². The topological polar surface area (TPSA) is 126 Å². The molecule has 0 radical (unpaired) electrons. The summed E-state index contributed by atoms with van der Waals surface area (Å²) in [6, 6.07) is 62.9. The van der Waals surface area contributed by atoms with Crippen molar-refractivity contribution in [3.63, 3.8) is 0 Å². The Labute approximate surface area is 453 Å². The number of allylic oxidation sites excluding steroid dienone is 2. The number of rotatable bonds is 4. The molecule has 12 nitrogen and oxygen atoms in total. The lowest BCUT2D eigenvalue weighted by molar-refractivity contribution is -0.141. The van der Waals surface area contributed by atoms with Crippen molar-refractivity contribution in [1.29, 1.82) is 0 Å². The van der Waals surface area contributed by atoms with Gasteiger partial charge in [-0.25, -0.2) is 9.59 Å². The SMILES string of the molecule is CC1=C2C(=O)OCCOc3ccc4ccc(cc4c3)OCCOCC3C(=C(C)OC3(c3ccccc3)c3ccccc3)C(=O)OCCOc3ccc4ccc(cc4c3)OCCOCC2C(c2ccccc2)(c2ccccc2)O1. The molecule has 6 bridgehead atoms. The van der Waals surface area contributed by atoms with Crippen molar-refractivity contribution in [2.45, 2.75) is 25.0 Å². The quantitative estimate of drug-likeness (QED) is 0.156. The average Bonchev–Trinajstić information content (AvgIpc) is 4.09. The summed E-state index contributed by atoms with van der Waals surface area (Å²) in [7, 11) is 0. The Morgan fingerprint density at radius 2 is 0.615 bits per heavy atom. The van der Waals surface area contributed by atoms with E-state index >= 15 is 0 Å². The Morgan fingerprint density at radius 1 is 0.333 bits per heavy atom. The molecule has 0 fully saturated rings. The highest BCUT2D eigenvalue weighted by Crippen LogP contribution is 2.53. The van der Waals surface area contributed by atoms with Crippen LogP contribution in [-0.2, 0) is 49.2 Å². The molecule has 0 amide bonds. The van der Waals surface area contributed by atoms with Gasteiger partial charge in [0.2, 0.25) is 0 Å². The van der Waals surface area contributed by atoms with Gasteiger partial charge in [-0.3, -0.25) is 0 Å². The zero-order chi connectivity index (χ0) is 53.3. The van der Waals surface area contributed by atoms with Gasteiger partial charge in [-0.1, -0.05) is 146 Å². The second-order valence-electron chi connectivity index (χ2n) is 19.3. The van der Waals surface area contributed by atoms with Gasteiger partial charge in [0.1, 0.15) is 74.2 Å². The van der Waals surface area contributed by atoms with Crippen LogP contribution in [-0.4, -0.2) is 78.0 Å². The zero-order valence-corrected chi connectivity index (χ0v) is 43.6. The minimum Gasteiger partial charge on any atom is -0.491 e. The van der Waals surface area contributed by atoms with Gasteiger partial charge in [0.05, 0.1) is 49.4 Å². The molecule has 8 aromatic rings. The first-order chi connectivity index (χ1) is 38.3. The second kappa shape index (κ2) is 23.3. The summed E-state index contributed by atoms with van der Waals surface area (Å²) in [5.41, 5.74) is 2.11. The lowest BCUT2D eigenvalue weighted by atomic mass is 9.74. The Bertz CT molecular complexity index is 3140. The van der Waals surface area contributed by atoms with Gasteiger partial charge in [0, 0.05) is 22.3 Å². The molecule has 0 aromatic heterocycles. The van der Waals surface area contributed by atoms with Gasteiger partial charge in [-0.05, 0) is 83.9 Å². The van der Waals surface area contributed by atoms with Crippen molar-refractivity contribution in [3.05, 3.63) is 239 Å². The van der Waals surface area contributed by atoms with Gasteiger partial charge >= 0.3 is 11.9 Å². The first-order valence-corrected chi connectivity index (χ1v) is 26.4. The molecule has 0 N–H and O–H groups in total. The van der Waals surface area contributed by atoms with E-state index < -0.39 is 35.0 Å². The summed E-state index contributed by atoms with van der Waals surface area (Å²) in [6.07, 6.45) is 0. The maximum absolute atomic E-state index is 14.3. The first kappa shape index (κ1) is 51.5. The molecule has 3 heterocycles. The summed E-state index contributed by atoms with van der Waals surface area (Å²) >= 11 is 0. The third-order valence-electron chi connectivity index (χ3n) is 14.6. The van der Waals surface area contributed by atoms with Crippen LogP contribution in [0.4, 0.5) is 0 Å². The number of ether oxygens (including phenoxy) is 10. The normalized spacial score (nSPS) is 19.5. The monoisotopic (exact) mass is 1040 g/mol. The third kappa shape index (κ3) is 10.6. The molecule has 78 heavy (non-hydrogen) atoms. The highest BCUT2D eigenvalue weighted by molar-refractivity contribution is 5.92. The minimum atomic E-state index is -1.09. The van der Waals surface area contributed by atoms with E-state index in [2.05, 4.69) is 0 Å². The maximum Gasteiger partial charge on any atom is 0.338 e. The Morgan fingerprint density at radius 3 is 0.923 bits per heavy atom. The van der Waals surface area contributed by atoms with Crippen molar-refractivity contribution >= 4 is 33.5 Å². The molecule has 3 aliphatic heterocycles. The summed E-state index contributed by atoms with van der Waals surface area (Å²) < 4.78 is 63.5. The van der Waals surface area contributed by atoms with E-state index in [-0.39, 0.29) is 66.1 Å². The van der Waals surface area contributed by atoms with E-state index in [0.717, 1.165) is 43.8 Å². The summed E-state index contributed by atoms with van der Waals surface area (Å²) in [6.45, 7) is 4.98. The van der Waals surface area contributed by atoms with Crippen molar-refractivity contribution < 1.29 is 57.0 Å². The van der Waals surface area contributed by atoms with E-state index in [4.69, 9.17) is 47.4 Å². The molecule has 396 valence electrons. The predicted molar refractivity (Wildman–Crippen MR) is 295 cm³/mol. The summed E-state index contributed by atoms with van der Waals surface area (Å²) in [5.74, 6) is 1.23. The van der Waals surface area contributed by atoms with E-state index in [9.17, 15) is 9.59 Å². The number of cyclic esters (lactones) is 2. The Hall–Kier alpha value is -8.58. The van der Waals surface area contributed by atoms with Gasteiger partial charge in [-0.2, -0.15) is 0 Å². The van der Waals surface area contributed by atoms with Crippen LogP contribution in [0.3, 0.4) is 0 Å². The highest BCUT2D eigenvalue weighted by Gasteiger charge is 2.55. The average molecular weight is 1050 g/mol. The number of esters is 2. The lowest BCUT2D eigenvalue weighted by Gasteiger charge is -2.36. The maximum atomic E-state index is 14.3. The number of hydrogen-bond donors (Lipinski definition) is 0. The lowest BCUT2D eigenvalue weighted by Crippen LogP contribution is -2.39. The molecule has 0 spiro atoms. The summed E-state index contributed by atoms with van der Waals surface area (Å²) in [4.78, 5) is 28.7. The van der Waals surface area contributed by atoms with Crippen LogP contribution in [0.2, 0.25) is 0 Å². The van der Waals surface area contributed by atoms with Crippen LogP contribution in [0.1, 0.15) is 36.1 Å². The van der Waals surface area contributed by atoms with Crippen molar-refractivity contribution in [2.24, 2.45) is 11.8 Å². The number of hydrogen-bond acceptors (Lipinski definition) is 12. The molecule has 3 aliphatic rings. The van der Waals surface area contributed by atoms with Crippen LogP contribution in [0, 0.1) is 11.8 Å². The smallest absolute Gasteiger partial charge is 0.338 e. The fourth-order valence-electron chi connectivity index (χ4n) is 11.1. The molecule has 0 aliphatic carbocycles. The molecule has 2 unspecified atom stereocenters. The minimum absolute atomic E-state index is 0.00982. The molecule has 0 saturated carbocycles. The number of carbonyl (C=O) groups is 2. The molecular formula is C66H60O12. The molecule has 12 heteroatoms. The molecular weight excluding hydrogens is 985 g/mol. The first-order valence-electron chi connectivity index (χ1n) is 26.4. The van der Waals surface area contributed by atoms with E-state index in [1.807, 2.05) is 194 Å². The highest BCUT2D eigenvalue weighted by atomic mass is 16.6. The van der Waals surface area contributed by atoms with E-state index in [0.29, 0.717) is 45.7 Å². The third-order valence-corrected chi connectivity index (χ3v) is 14.6. The van der Waals surface area contributed by atoms with Crippen LogP contribution in [0.15, 0.2) is 217 Å². The number of carbonyl (C=O) groups excluding carboxylic acids is 2. The Kier molecular flexibility index (Phi) is 15.4. The van der Waals surface area contributed by atoms with E-state index in [1.54, 1.807) is 13.8 Å². The van der Waals surface area contributed by atoms with Gasteiger partial charge in [-0.15, -0.1) is 0 Å². The van der Waals surface area contributed by atoms with Gasteiger partial charge in [0.25, 0.3) is 0 Å². The van der Waals surface area contributed by atoms with Crippen molar-refractivity contribution in [1.82, 2.24) is 0 Å². The van der Waals surface area contributed by atoms with Gasteiger partial charge in [0.15, 0.2) is 11.2 Å². The molecule has 2 atom stereocenters. The fraction of sp³-hybridized carbons (Fsp3) is 0.242. The predicted octanol–water partition coefficient (Wildman–Crippen LogP) is 12.1. The Balaban J connectivity index is 0.852. The van der Waals surface area contributed by atoms with Crippen LogP contribution < -0.4 is 18.9 Å². The largest absolute Gasteiger partial charge is 0.491 e. The van der Waals surface area contributed by atoms with Crippen LogP contribution >= 0.6 is 0 Å². The fourth-order valence-corrected chi connectivity index (χ4v) is 11.1. The van der Waals surface area contributed by atoms with Crippen LogP contribution in [0.5, 0.6) is 23.0 Å². The number of fused-ring (bicyclic) bond motifs is 6. The molecule has 8 aromatic carbocycles.